The molecule has 0 aromatic carbocycles. The van der Waals surface area contributed by atoms with Gasteiger partial charge < -0.3 is 9.63 Å². The smallest absolute Gasteiger partial charge is 0.232 e. The normalized spacial score (nSPS) is 17.9. The van der Waals surface area contributed by atoms with E-state index < -0.39 is 12.7 Å². The van der Waals surface area contributed by atoms with Gasteiger partial charge in [0.25, 0.3) is 0 Å². The van der Waals surface area contributed by atoms with Crippen LogP contribution in [0.4, 0.5) is 0 Å². The molecule has 11 heavy (non-hydrogen) atoms. The Bertz CT molecular complexity index is 160. The van der Waals surface area contributed by atoms with Crippen molar-refractivity contribution in [3.8, 4) is 0 Å². The summed E-state index contributed by atoms with van der Waals surface area (Å²) in [5, 5.41) is 8.27. The van der Waals surface area contributed by atoms with Crippen LogP contribution >= 0.6 is 7.37 Å². The maximum Gasteiger partial charge on any atom is 0.232 e. The van der Waals surface area contributed by atoms with E-state index >= 15 is 0 Å². The van der Waals surface area contributed by atoms with Crippen LogP contribution in [0.25, 0.3) is 0 Å². The molecule has 0 rings (SSSR count). The molecule has 0 amide bonds. The fourth-order valence-electron chi connectivity index (χ4n) is 0.845. The summed E-state index contributed by atoms with van der Waals surface area (Å²) in [7, 11) is -2.83. The first-order chi connectivity index (χ1) is 4.87. The zero-order chi connectivity index (χ0) is 9.12. The van der Waals surface area contributed by atoms with Gasteiger partial charge >= 0.3 is 0 Å². The molecule has 0 radical (unpaired) electrons. The zero-order valence-corrected chi connectivity index (χ0v) is 8.52. The molecule has 0 saturated heterocycles. The zero-order valence-electron chi connectivity index (χ0n) is 7.63. The molecule has 0 aromatic rings. The second kappa shape index (κ2) is 3.70. The molecule has 1 N–H and O–H groups in total. The van der Waals surface area contributed by atoms with Gasteiger partial charge in [0.05, 0.1) is 6.61 Å². The molecular weight excluding hydrogens is 163 g/mol. The fourth-order valence-corrected chi connectivity index (χ4v) is 2.53. The lowest BCUT2D eigenvalue weighted by Gasteiger charge is -2.27. The summed E-state index contributed by atoms with van der Waals surface area (Å²) in [6.45, 7) is 6.96. The van der Waals surface area contributed by atoms with E-state index in [4.69, 9.17) is 4.52 Å². The minimum Gasteiger partial charge on any atom is -0.380 e. The van der Waals surface area contributed by atoms with Crippen LogP contribution in [0, 0.1) is 0 Å². The molecule has 0 aliphatic carbocycles. The molecule has 0 aromatic heterocycles. The number of hydrogen-bond acceptors (Lipinski definition) is 3. The lowest BCUT2D eigenvalue weighted by atomic mass is 10.5. The molecular formula is C7H17O3P. The van der Waals surface area contributed by atoms with Crippen LogP contribution in [-0.4, -0.2) is 23.2 Å². The number of aliphatic hydroxyl groups is 1. The van der Waals surface area contributed by atoms with E-state index in [1.165, 1.54) is 13.8 Å². The summed E-state index contributed by atoms with van der Waals surface area (Å²) in [6.07, 6.45) is 0.379. The first kappa shape index (κ1) is 11.2. The fraction of sp³-hybridized carbons (Fsp3) is 1.00. The molecule has 0 fully saturated rings. The Balaban J connectivity index is 4.48. The van der Waals surface area contributed by atoms with Gasteiger partial charge in [-0.15, -0.1) is 0 Å². The highest BCUT2D eigenvalue weighted by atomic mass is 31.2. The summed E-state index contributed by atoms with van der Waals surface area (Å²) in [5.74, 6) is 0. The van der Waals surface area contributed by atoms with Gasteiger partial charge in [0, 0.05) is 6.16 Å². The van der Waals surface area contributed by atoms with Crippen molar-refractivity contribution in [2.24, 2.45) is 0 Å². The van der Waals surface area contributed by atoms with Gasteiger partial charge in [-0.05, 0) is 20.8 Å². The highest BCUT2D eigenvalue weighted by Gasteiger charge is 2.37. The SMILES string of the molecule is CCOP(=O)(CC)C(C)(C)O. The molecule has 3 nitrogen and oxygen atoms in total. The average molecular weight is 180 g/mol. The van der Waals surface area contributed by atoms with E-state index in [0.717, 1.165) is 0 Å². The Labute approximate surface area is 68.2 Å². The van der Waals surface area contributed by atoms with Crippen LogP contribution in [-0.2, 0) is 9.09 Å². The molecule has 1 unspecified atom stereocenters. The van der Waals surface area contributed by atoms with Crippen molar-refractivity contribution in [1.29, 1.82) is 0 Å². The van der Waals surface area contributed by atoms with E-state index in [0.29, 0.717) is 12.8 Å². The summed E-state index contributed by atoms with van der Waals surface area (Å²) in [6, 6.07) is 0. The van der Waals surface area contributed by atoms with Gasteiger partial charge in [-0.3, -0.25) is 4.57 Å². The minimum atomic E-state index is -2.83. The van der Waals surface area contributed by atoms with Gasteiger partial charge in [-0.1, -0.05) is 6.92 Å². The van der Waals surface area contributed by atoms with Gasteiger partial charge in [0.1, 0.15) is 5.34 Å². The quantitative estimate of drug-likeness (QED) is 0.673. The van der Waals surface area contributed by atoms with Crippen molar-refractivity contribution >= 4 is 7.37 Å². The molecule has 0 spiro atoms. The van der Waals surface area contributed by atoms with Crippen LogP contribution in [0.2, 0.25) is 0 Å². The molecule has 0 aliphatic rings. The molecule has 4 heteroatoms. The Kier molecular flexibility index (Phi) is 3.75. The molecule has 1 atom stereocenters. The summed E-state index contributed by atoms with van der Waals surface area (Å²) >= 11 is 0. The van der Waals surface area contributed by atoms with E-state index in [9.17, 15) is 9.67 Å². The van der Waals surface area contributed by atoms with E-state index in [1.807, 2.05) is 0 Å². The van der Waals surface area contributed by atoms with Crippen LogP contribution in [0.3, 0.4) is 0 Å². The van der Waals surface area contributed by atoms with Crippen molar-refractivity contribution in [2.75, 3.05) is 12.8 Å². The maximum absolute atomic E-state index is 11.7. The van der Waals surface area contributed by atoms with Crippen molar-refractivity contribution in [1.82, 2.24) is 0 Å². The Morgan fingerprint density at radius 2 is 1.91 bits per heavy atom. The molecule has 0 aliphatic heterocycles. The molecule has 0 bridgehead atoms. The highest BCUT2D eigenvalue weighted by Crippen LogP contribution is 2.56. The van der Waals surface area contributed by atoms with Crippen molar-refractivity contribution in [2.45, 2.75) is 33.0 Å². The third-order valence-electron chi connectivity index (χ3n) is 1.59. The Morgan fingerprint density at radius 1 is 1.45 bits per heavy atom. The first-order valence-electron chi connectivity index (χ1n) is 3.83. The average Bonchev–Trinajstić information content (AvgIpc) is 1.86. The second-order valence-electron chi connectivity index (χ2n) is 2.90. The lowest BCUT2D eigenvalue weighted by molar-refractivity contribution is 0.137. The van der Waals surface area contributed by atoms with Crippen LogP contribution < -0.4 is 0 Å². The maximum atomic E-state index is 11.7. The topological polar surface area (TPSA) is 46.5 Å². The first-order valence-corrected chi connectivity index (χ1v) is 5.64. The van der Waals surface area contributed by atoms with Gasteiger partial charge in [-0.25, -0.2) is 0 Å². The van der Waals surface area contributed by atoms with E-state index in [-0.39, 0.29) is 0 Å². The van der Waals surface area contributed by atoms with Crippen molar-refractivity contribution < 1.29 is 14.2 Å². The molecule has 0 saturated carbocycles. The summed E-state index contributed by atoms with van der Waals surface area (Å²) in [5.41, 5.74) is 0. The van der Waals surface area contributed by atoms with Gasteiger partial charge in [0.15, 0.2) is 0 Å². The third-order valence-corrected chi connectivity index (χ3v) is 4.76. The van der Waals surface area contributed by atoms with Crippen LogP contribution in [0.5, 0.6) is 0 Å². The highest BCUT2D eigenvalue weighted by molar-refractivity contribution is 7.60. The minimum absolute atomic E-state index is 0.379. The van der Waals surface area contributed by atoms with Crippen molar-refractivity contribution in [3.63, 3.8) is 0 Å². The largest absolute Gasteiger partial charge is 0.380 e. The monoisotopic (exact) mass is 180 g/mol. The number of hydrogen-bond donors (Lipinski definition) is 1. The Morgan fingerprint density at radius 3 is 2.00 bits per heavy atom. The lowest BCUT2D eigenvalue weighted by Crippen LogP contribution is -2.21. The molecule has 68 valence electrons. The second-order valence-corrected chi connectivity index (χ2v) is 6.23. The summed E-state index contributed by atoms with van der Waals surface area (Å²) < 4.78 is 16.8. The van der Waals surface area contributed by atoms with E-state index in [2.05, 4.69) is 0 Å². The predicted octanol–water partition coefficient (Wildman–Crippen LogP) is 2.05. The van der Waals surface area contributed by atoms with E-state index in [1.54, 1.807) is 13.8 Å². The van der Waals surface area contributed by atoms with Crippen LogP contribution in [0.1, 0.15) is 27.7 Å². The molecule has 0 heterocycles. The third kappa shape index (κ3) is 2.58. The Hall–Kier alpha value is 0.150. The van der Waals surface area contributed by atoms with Crippen LogP contribution in [0.15, 0.2) is 0 Å². The van der Waals surface area contributed by atoms with Gasteiger partial charge in [-0.2, -0.15) is 0 Å². The van der Waals surface area contributed by atoms with Gasteiger partial charge in [0.2, 0.25) is 7.37 Å². The number of rotatable bonds is 4. The predicted molar refractivity (Wildman–Crippen MR) is 46.1 cm³/mol. The summed E-state index contributed by atoms with van der Waals surface area (Å²) in [4.78, 5) is 0. The standard InChI is InChI=1S/C7H17O3P/c1-5-10-11(9,6-2)7(3,4)8/h8H,5-6H2,1-4H3. The van der Waals surface area contributed by atoms with Crippen molar-refractivity contribution in [3.05, 3.63) is 0 Å².